The number of hydrogen-bond acceptors (Lipinski definition) is 6. The summed E-state index contributed by atoms with van der Waals surface area (Å²) >= 11 is 0. The molecule has 1 aliphatic rings. The third-order valence-electron chi connectivity index (χ3n) is 4.35. The van der Waals surface area contributed by atoms with Crippen LogP contribution in [-0.4, -0.2) is 38.2 Å². The van der Waals surface area contributed by atoms with Crippen molar-refractivity contribution in [2.45, 2.75) is 0 Å². The van der Waals surface area contributed by atoms with E-state index in [4.69, 9.17) is 10.5 Å². The molecule has 2 N–H and O–H groups in total. The van der Waals surface area contributed by atoms with Crippen molar-refractivity contribution in [2.24, 2.45) is 0 Å². The van der Waals surface area contributed by atoms with Crippen LogP contribution in [0.1, 0.15) is 0 Å². The molecule has 0 saturated carbocycles. The first-order chi connectivity index (χ1) is 12.0. The molecule has 132 valence electrons. The van der Waals surface area contributed by atoms with Gasteiger partial charge in [0.15, 0.2) is 5.82 Å². The molecule has 8 heteroatoms. The summed E-state index contributed by atoms with van der Waals surface area (Å²) in [6, 6.07) is 10.0. The van der Waals surface area contributed by atoms with Crippen molar-refractivity contribution in [3.63, 3.8) is 0 Å². The molecular weight excluding hydrogens is 327 g/mol. The van der Waals surface area contributed by atoms with E-state index in [0.717, 1.165) is 17.5 Å². The minimum absolute atomic E-state index is 0.0287. The van der Waals surface area contributed by atoms with Gasteiger partial charge < -0.3 is 20.3 Å². The van der Waals surface area contributed by atoms with Crippen LogP contribution in [0.25, 0.3) is 0 Å². The molecule has 0 amide bonds. The molecular formula is C17H19FN4O3. The molecule has 25 heavy (non-hydrogen) atoms. The second-order valence-corrected chi connectivity index (χ2v) is 5.79. The molecule has 1 aliphatic heterocycles. The zero-order valence-corrected chi connectivity index (χ0v) is 13.8. The van der Waals surface area contributed by atoms with Gasteiger partial charge in [-0.3, -0.25) is 10.1 Å². The lowest BCUT2D eigenvalue weighted by Gasteiger charge is -2.37. The maximum absolute atomic E-state index is 14.2. The van der Waals surface area contributed by atoms with Crippen LogP contribution < -0.4 is 20.3 Å². The van der Waals surface area contributed by atoms with E-state index in [1.165, 1.54) is 6.07 Å². The van der Waals surface area contributed by atoms with Gasteiger partial charge in [-0.1, -0.05) is 0 Å². The number of ether oxygens (including phenoxy) is 1. The SMILES string of the molecule is COc1ccc(N2CCN(c3cc(N)c([N+](=O)[O-])cc3F)CC2)cc1. The predicted molar refractivity (Wildman–Crippen MR) is 94.9 cm³/mol. The van der Waals surface area contributed by atoms with E-state index in [1.807, 2.05) is 29.2 Å². The molecule has 1 fully saturated rings. The van der Waals surface area contributed by atoms with Gasteiger partial charge in [0.05, 0.1) is 23.8 Å². The molecule has 3 rings (SSSR count). The minimum Gasteiger partial charge on any atom is -0.497 e. The van der Waals surface area contributed by atoms with Gasteiger partial charge >= 0.3 is 0 Å². The van der Waals surface area contributed by atoms with Crippen LogP contribution in [0, 0.1) is 15.9 Å². The van der Waals surface area contributed by atoms with Gasteiger partial charge in [0.25, 0.3) is 5.69 Å². The van der Waals surface area contributed by atoms with E-state index >= 15 is 0 Å². The predicted octanol–water partition coefficient (Wildman–Crippen LogP) is 2.65. The van der Waals surface area contributed by atoms with Crippen molar-refractivity contribution >= 4 is 22.7 Å². The van der Waals surface area contributed by atoms with E-state index in [1.54, 1.807) is 7.11 Å². The normalized spacial score (nSPS) is 14.5. The molecule has 1 saturated heterocycles. The highest BCUT2D eigenvalue weighted by atomic mass is 19.1. The number of nitro benzene ring substituents is 1. The number of piperazine rings is 1. The number of benzene rings is 2. The van der Waals surface area contributed by atoms with E-state index in [9.17, 15) is 14.5 Å². The summed E-state index contributed by atoms with van der Waals surface area (Å²) in [5.74, 6) is 0.171. The second-order valence-electron chi connectivity index (χ2n) is 5.79. The second kappa shape index (κ2) is 6.84. The van der Waals surface area contributed by atoms with Crippen molar-refractivity contribution in [2.75, 3.05) is 48.8 Å². The zero-order valence-electron chi connectivity index (χ0n) is 13.8. The minimum atomic E-state index is -0.677. The van der Waals surface area contributed by atoms with Gasteiger partial charge in [0, 0.05) is 31.9 Å². The van der Waals surface area contributed by atoms with E-state index in [0.29, 0.717) is 31.9 Å². The Morgan fingerprint density at radius 3 is 2.28 bits per heavy atom. The molecule has 2 aromatic rings. The van der Waals surface area contributed by atoms with Crippen LogP contribution in [0.15, 0.2) is 36.4 Å². The Morgan fingerprint density at radius 1 is 1.12 bits per heavy atom. The summed E-state index contributed by atoms with van der Waals surface area (Å²) in [6.45, 7) is 2.62. The average Bonchev–Trinajstić information content (AvgIpc) is 2.63. The number of nitro groups is 1. The fraction of sp³-hybridized carbons (Fsp3) is 0.294. The Hall–Kier alpha value is -3.03. The smallest absolute Gasteiger partial charge is 0.295 e. The summed E-state index contributed by atoms with van der Waals surface area (Å²) in [4.78, 5) is 14.2. The lowest BCUT2D eigenvalue weighted by molar-refractivity contribution is -0.384. The standard InChI is InChI=1S/C17H19FN4O3/c1-25-13-4-2-12(3-5-13)20-6-8-21(9-7-20)16-11-15(19)17(22(23)24)10-14(16)18/h2-5,10-11H,6-9,19H2,1H3. The zero-order chi connectivity index (χ0) is 18.0. The van der Waals surface area contributed by atoms with Crippen LogP contribution in [-0.2, 0) is 0 Å². The molecule has 0 radical (unpaired) electrons. The summed E-state index contributed by atoms with van der Waals surface area (Å²) in [5.41, 5.74) is 6.63. The molecule has 0 unspecified atom stereocenters. The van der Waals surface area contributed by atoms with Crippen molar-refractivity contribution in [3.8, 4) is 5.75 Å². The Balaban J connectivity index is 1.71. The summed E-state index contributed by atoms with van der Waals surface area (Å²) < 4.78 is 19.4. The molecule has 0 spiro atoms. The maximum atomic E-state index is 14.2. The molecule has 0 bridgehead atoms. The summed E-state index contributed by atoms with van der Waals surface area (Å²) in [5, 5.41) is 10.8. The number of methoxy groups -OCH3 is 1. The van der Waals surface area contributed by atoms with Crippen LogP contribution in [0.3, 0.4) is 0 Å². The first-order valence-electron chi connectivity index (χ1n) is 7.87. The Kier molecular flexibility index (Phi) is 4.60. The fourth-order valence-electron chi connectivity index (χ4n) is 2.97. The monoisotopic (exact) mass is 346 g/mol. The highest BCUT2D eigenvalue weighted by Gasteiger charge is 2.23. The lowest BCUT2D eigenvalue weighted by Crippen LogP contribution is -2.46. The number of rotatable bonds is 4. The number of nitrogens with two attached hydrogens (primary N) is 1. The molecule has 2 aromatic carbocycles. The highest BCUT2D eigenvalue weighted by Crippen LogP contribution is 2.31. The third-order valence-corrected chi connectivity index (χ3v) is 4.35. The number of halogens is 1. The molecule has 0 atom stereocenters. The van der Waals surface area contributed by atoms with E-state index in [2.05, 4.69) is 4.90 Å². The average molecular weight is 346 g/mol. The maximum Gasteiger partial charge on any atom is 0.295 e. The topological polar surface area (TPSA) is 84.9 Å². The fourth-order valence-corrected chi connectivity index (χ4v) is 2.97. The largest absolute Gasteiger partial charge is 0.497 e. The van der Waals surface area contributed by atoms with E-state index < -0.39 is 16.4 Å². The van der Waals surface area contributed by atoms with Crippen molar-refractivity contribution < 1.29 is 14.1 Å². The van der Waals surface area contributed by atoms with Gasteiger partial charge in [-0.15, -0.1) is 0 Å². The van der Waals surface area contributed by atoms with Crippen LogP contribution in [0.4, 0.5) is 27.1 Å². The number of nitrogens with zero attached hydrogens (tertiary/aromatic N) is 3. The Morgan fingerprint density at radius 2 is 1.72 bits per heavy atom. The number of anilines is 3. The van der Waals surface area contributed by atoms with Gasteiger partial charge in [-0.05, 0) is 30.3 Å². The number of nitrogen functional groups attached to an aromatic ring is 1. The first kappa shape index (κ1) is 16.8. The third kappa shape index (κ3) is 3.42. The summed E-state index contributed by atoms with van der Waals surface area (Å²) in [6.07, 6.45) is 0. The Labute approximate surface area is 144 Å². The van der Waals surface area contributed by atoms with Crippen molar-refractivity contribution in [1.82, 2.24) is 0 Å². The molecule has 1 heterocycles. The highest BCUT2D eigenvalue weighted by molar-refractivity contribution is 5.68. The Bertz CT molecular complexity index is 774. The van der Waals surface area contributed by atoms with Gasteiger partial charge in [0.1, 0.15) is 11.4 Å². The number of hydrogen-bond donors (Lipinski definition) is 1. The van der Waals surface area contributed by atoms with Gasteiger partial charge in [-0.2, -0.15) is 0 Å². The van der Waals surface area contributed by atoms with Crippen molar-refractivity contribution in [3.05, 3.63) is 52.3 Å². The first-order valence-corrected chi connectivity index (χ1v) is 7.87. The van der Waals surface area contributed by atoms with Crippen LogP contribution >= 0.6 is 0 Å². The van der Waals surface area contributed by atoms with Gasteiger partial charge in [0.2, 0.25) is 0 Å². The molecule has 7 nitrogen and oxygen atoms in total. The molecule has 0 aromatic heterocycles. The van der Waals surface area contributed by atoms with Crippen LogP contribution in [0.2, 0.25) is 0 Å². The lowest BCUT2D eigenvalue weighted by atomic mass is 10.2. The van der Waals surface area contributed by atoms with Gasteiger partial charge in [-0.25, -0.2) is 4.39 Å². The molecule has 0 aliphatic carbocycles. The van der Waals surface area contributed by atoms with E-state index in [-0.39, 0.29) is 5.69 Å². The van der Waals surface area contributed by atoms with Crippen molar-refractivity contribution in [1.29, 1.82) is 0 Å². The van der Waals surface area contributed by atoms with Crippen LogP contribution in [0.5, 0.6) is 5.75 Å². The summed E-state index contributed by atoms with van der Waals surface area (Å²) in [7, 11) is 1.62. The quantitative estimate of drug-likeness (QED) is 0.520.